The second-order valence-corrected chi connectivity index (χ2v) is 5.99. The summed E-state index contributed by atoms with van der Waals surface area (Å²) >= 11 is 0. The molecule has 100 valence electrons. The van der Waals surface area contributed by atoms with E-state index >= 15 is 0 Å². The molecule has 1 saturated heterocycles. The standard InChI is InChI=1S/C15H20N4/c1-12-13(19-8-3-2-4-14(19)17-12)10-18-9-7-16-15(11-18)5-6-15/h2-4,8,16H,5-7,9-11H2,1H3. The van der Waals surface area contributed by atoms with Gasteiger partial charge in [0, 0.05) is 37.9 Å². The molecule has 4 nitrogen and oxygen atoms in total. The van der Waals surface area contributed by atoms with Crippen LogP contribution in [-0.2, 0) is 6.54 Å². The molecule has 0 radical (unpaired) electrons. The van der Waals surface area contributed by atoms with Crippen LogP contribution in [0.25, 0.3) is 5.65 Å². The van der Waals surface area contributed by atoms with Crippen molar-refractivity contribution in [2.75, 3.05) is 19.6 Å². The van der Waals surface area contributed by atoms with E-state index < -0.39 is 0 Å². The van der Waals surface area contributed by atoms with Gasteiger partial charge in [-0.1, -0.05) is 6.07 Å². The fourth-order valence-corrected chi connectivity index (χ4v) is 3.23. The number of hydrogen-bond donors (Lipinski definition) is 1. The van der Waals surface area contributed by atoms with E-state index in [1.54, 1.807) is 0 Å². The van der Waals surface area contributed by atoms with Crippen LogP contribution in [0.2, 0.25) is 0 Å². The highest BCUT2D eigenvalue weighted by atomic mass is 15.3. The van der Waals surface area contributed by atoms with Gasteiger partial charge in [-0.05, 0) is 31.9 Å². The number of hydrogen-bond acceptors (Lipinski definition) is 3. The van der Waals surface area contributed by atoms with Crippen LogP contribution >= 0.6 is 0 Å². The van der Waals surface area contributed by atoms with E-state index in [9.17, 15) is 0 Å². The van der Waals surface area contributed by atoms with E-state index in [0.717, 1.165) is 31.0 Å². The van der Waals surface area contributed by atoms with Crippen LogP contribution in [0.4, 0.5) is 0 Å². The highest BCUT2D eigenvalue weighted by molar-refractivity contribution is 5.42. The Morgan fingerprint density at radius 3 is 3.11 bits per heavy atom. The summed E-state index contributed by atoms with van der Waals surface area (Å²) in [4.78, 5) is 7.23. The molecule has 0 bridgehead atoms. The maximum Gasteiger partial charge on any atom is 0.137 e. The molecular weight excluding hydrogens is 236 g/mol. The molecule has 4 rings (SSSR count). The lowest BCUT2D eigenvalue weighted by atomic mass is 10.1. The molecule has 1 saturated carbocycles. The van der Waals surface area contributed by atoms with Crippen molar-refractivity contribution in [1.82, 2.24) is 19.6 Å². The van der Waals surface area contributed by atoms with Gasteiger partial charge in [0.25, 0.3) is 0 Å². The zero-order valence-corrected chi connectivity index (χ0v) is 11.4. The van der Waals surface area contributed by atoms with Gasteiger partial charge in [-0.25, -0.2) is 4.98 Å². The van der Waals surface area contributed by atoms with Gasteiger partial charge >= 0.3 is 0 Å². The molecule has 3 heterocycles. The van der Waals surface area contributed by atoms with Crippen LogP contribution in [-0.4, -0.2) is 39.5 Å². The Morgan fingerprint density at radius 1 is 1.37 bits per heavy atom. The fourth-order valence-electron chi connectivity index (χ4n) is 3.23. The Morgan fingerprint density at radius 2 is 2.26 bits per heavy atom. The molecule has 1 spiro atoms. The number of nitrogens with zero attached hydrogens (tertiary/aromatic N) is 3. The molecule has 19 heavy (non-hydrogen) atoms. The molecule has 1 aliphatic heterocycles. The quantitative estimate of drug-likeness (QED) is 0.885. The molecule has 0 unspecified atom stereocenters. The largest absolute Gasteiger partial charge is 0.309 e. The molecule has 0 amide bonds. The van der Waals surface area contributed by atoms with Gasteiger partial charge in [-0.2, -0.15) is 0 Å². The number of fused-ring (bicyclic) bond motifs is 1. The lowest BCUT2D eigenvalue weighted by Crippen LogP contribution is -2.52. The zero-order valence-electron chi connectivity index (χ0n) is 11.4. The number of pyridine rings is 1. The van der Waals surface area contributed by atoms with Crippen molar-refractivity contribution in [1.29, 1.82) is 0 Å². The third-order valence-electron chi connectivity index (χ3n) is 4.51. The minimum Gasteiger partial charge on any atom is -0.309 e. The van der Waals surface area contributed by atoms with Gasteiger partial charge in [0.1, 0.15) is 5.65 Å². The summed E-state index contributed by atoms with van der Waals surface area (Å²) in [5, 5.41) is 3.67. The summed E-state index contributed by atoms with van der Waals surface area (Å²) in [5.74, 6) is 0. The fraction of sp³-hybridized carbons (Fsp3) is 0.533. The molecule has 4 heteroatoms. The number of piperazine rings is 1. The van der Waals surface area contributed by atoms with Crippen molar-refractivity contribution in [2.45, 2.75) is 31.8 Å². The van der Waals surface area contributed by atoms with Crippen molar-refractivity contribution < 1.29 is 0 Å². The van der Waals surface area contributed by atoms with E-state index in [-0.39, 0.29) is 0 Å². The van der Waals surface area contributed by atoms with Gasteiger partial charge < -0.3 is 9.72 Å². The van der Waals surface area contributed by atoms with Crippen LogP contribution in [0.15, 0.2) is 24.4 Å². The minimum absolute atomic E-state index is 0.451. The number of rotatable bonds is 2. The average molecular weight is 256 g/mol. The van der Waals surface area contributed by atoms with E-state index in [1.165, 1.54) is 25.1 Å². The summed E-state index contributed by atoms with van der Waals surface area (Å²) in [6.07, 6.45) is 4.81. The Bertz CT molecular complexity index is 612. The third-order valence-corrected chi connectivity index (χ3v) is 4.51. The first-order valence-electron chi connectivity index (χ1n) is 7.16. The van der Waals surface area contributed by atoms with Gasteiger partial charge in [-0.3, -0.25) is 4.90 Å². The highest BCUT2D eigenvalue weighted by Gasteiger charge is 2.45. The number of nitrogens with one attached hydrogen (secondary N) is 1. The van der Waals surface area contributed by atoms with Gasteiger partial charge in [0.05, 0.1) is 11.4 Å². The zero-order chi connectivity index (χ0) is 12.9. The Balaban J connectivity index is 1.62. The van der Waals surface area contributed by atoms with Gasteiger partial charge in [0.2, 0.25) is 0 Å². The van der Waals surface area contributed by atoms with E-state index in [0.29, 0.717) is 5.54 Å². The normalized spacial score (nSPS) is 22.2. The van der Waals surface area contributed by atoms with Crippen molar-refractivity contribution in [3.05, 3.63) is 35.8 Å². The van der Waals surface area contributed by atoms with E-state index in [4.69, 9.17) is 0 Å². The van der Waals surface area contributed by atoms with Gasteiger partial charge in [0.15, 0.2) is 0 Å². The van der Waals surface area contributed by atoms with Crippen molar-refractivity contribution in [3.63, 3.8) is 0 Å². The number of aryl methyl sites for hydroxylation is 1. The summed E-state index contributed by atoms with van der Waals surface area (Å²) in [7, 11) is 0. The monoisotopic (exact) mass is 256 g/mol. The first-order valence-corrected chi connectivity index (χ1v) is 7.16. The second kappa shape index (κ2) is 4.05. The molecule has 2 aliphatic rings. The summed E-state index contributed by atoms with van der Waals surface area (Å²) in [6.45, 7) is 6.58. The molecule has 2 aromatic rings. The van der Waals surface area contributed by atoms with Crippen LogP contribution in [0.1, 0.15) is 24.2 Å². The van der Waals surface area contributed by atoms with Crippen molar-refractivity contribution >= 4 is 5.65 Å². The van der Waals surface area contributed by atoms with Crippen LogP contribution in [0.5, 0.6) is 0 Å². The van der Waals surface area contributed by atoms with Gasteiger partial charge in [-0.15, -0.1) is 0 Å². The SMILES string of the molecule is Cc1nc2ccccn2c1CN1CCNC2(CC2)C1. The Kier molecular flexibility index (Phi) is 2.44. The summed E-state index contributed by atoms with van der Waals surface area (Å²) in [6, 6.07) is 6.21. The van der Waals surface area contributed by atoms with Crippen LogP contribution < -0.4 is 5.32 Å². The highest BCUT2D eigenvalue weighted by Crippen LogP contribution is 2.37. The minimum atomic E-state index is 0.451. The predicted molar refractivity (Wildman–Crippen MR) is 75.2 cm³/mol. The lowest BCUT2D eigenvalue weighted by molar-refractivity contribution is 0.179. The van der Waals surface area contributed by atoms with Crippen LogP contribution in [0, 0.1) is 6.92 Å². The Labute approximate surface area is 113 Å². The van der Waals surface area contributed by atoms with E-state index in [1.807, 2.05) is 0 Å². The molecule has 0 atom stereocenters. The molecule has 2 aromatic heterocycles. The number of imidazole rings is 1. The summed E-state index contributed by atoms with van der Waals surface area (Å²) in [5.41, 5.74) is 4.02. The third kappa shape index (κ3) is 1.95. The lowest BCUT2D eigenvalue weighted by Gasteiger charge is -2.33. The molecule has 1 N–H and O–H groups in total. The molecule has 1 aliphatic carbocycles. The number of aromatic nitrogens is 2. The maximum atomic E-state index is 4.65. The van der Waals surface area contributed by atoms with Crippen molar-refractivity contribution in [2.24, 2.45) is 0 Å². The first kappa shape index (κ1) is 11.4. The average Bonchev–Trinajstić information content (AvgIpc) is 3.08. The maximum absolute atomic E-state index is 4.65. The smallest absolute Gasteiger partial charge is 0.137 e. The predicted octanol–water partition coefficient (Wildman–Crippen LogP) is 1.58. The van der Waals surface area contributed by atoms with Crippen molar-refractivity contribution in [3.8, 4) is 0 Å². The first-order chi connectivity index (χ1) is 9.26. The topological polar surface area (TPSA) is 32.6 Å². The molecule has 0 aromatic carbocycles. The molecule has 2 fully saturated rings. The molecular formula is C15H20N4. The van der Waals surface area contributed by atoms with E-state index in [2.05, 4.69) is 50.9 Å². The second-order valence-electron chi connectivity index (χ2n) is 5.99. The van der Waals surface area contributed by atoms with Crippen LogP contribution in [0.3, 0.4) is 0 Å². The Hall–Kier alpha value is -1.39. The summed E-state index contributed by atoms with van der Waals surface area (Å²) < 4.78 is 2.23.